The molecule has 15 heteroatoms. The molecule has 2 aromatic carbocycles. The lowest BCUT2D eigenvalue weighted by Gasteiger charge is -2.37. The molecule has 5 heterocycles. The third-order valence-corrected chi connectivity index (χ3v) is 11.7. The van der Waals surface area contributed by atoms with E-state index in [0.29, 0.717) is 66.8 Å². The number of nitrogens with zero attached hydrogens (tertiary/aromatic N) is 5. The van der Waals surface area contributed by atoms with Crippen LogP contribution < -0.4 is 25.2 Å². The van der Waals surface area contributed by atoms with E-state index >= 15 is 0 Å². The molecule has 4 amide bonds. The van der Waals surface area contributed by atoms with E-state index in [1.165, 1.54) is 12.0 Å². The number of ether oxygens (including phenoxy) is 2. The number of imide groups is 1. The summed E-state index contributed by atoms with van der Waals surface area (Å²) < 4.78 is 25.7. The zero-order valence-corrected chi connectivity index (χ0v) is 34.3. The minimum atomic E-state index is -0.445. The number of fused-ring (bicyclic) bond motifs is 1. The predicted octanol–water partition coefficient (Wildman–Crippen LogP) is 6.72. The number of carbonyl (C=O) groups is 3. The summed E-state index contributed by atoms with van der Waals surface area (Å²) in [5.41, 5.74) is 3.32. The Labute approximate surface area is 342 Å². The van der Waals surface area contributed by atoms with Crippen molar-refractivity contribution in [2.24, 2.45) is 5.92 Å². The fraction of sp³-hybridized carbons (Fsp3) is 0.465. The number of likely N-dealkylation sites (tertiary alicyclic amines) is 2. The number of benzene rings is 2. The molecular formula is C43H53FN6O7S. The summed E-state index contributed by atoms with van der Waals surface area (Å²) in [6, 6.07) is 12.0. The molecule has 0 bridgehead atoms. The van der Waals surface area contributed by atoms with Crippen molar-refractivity contribution in [3.05, 3.63) is 77.0 Å². The number of phenols is 1. The summed E-state index contributed by atoms with van der Waals surface area (Å²) in [6.45, 7) is 9.18. The lowest BCUT2D eigenvalue weighted by Crippen LogP contribution is -2.49. The van der Waals surface area contributed by atoms with Crippen LogP contribution in [-0.4, -0.2) is 101 Å². The van der Waals surface area contributed by atoms with Gasteiger partial charge < -0.3 is 28.9 Å². The van der Waals surface area contributed by atoms with Crippen molar-refractivity contribution < 1.29 is 32.8 Å². The number of carbonyl (C=O) groups excluding carboxylic acids is 3. The van der Waals surface area contributed by atoms with Crippen molar-refractivity contribution in [3.8, 4) is 28.4 Å². The number of pyridine rings is 2. The number of nitrogens with one attached hydrogen (secondary N) is 1. The van der Waals surface area contributed by atoms with Gasteiger partial charge in [-0.3, -0.25) is 29.6 Å². The highest BCUT2D eigenvalue weighted by atomic mass is 32.2. The molecule has 3 fully saturated rings. The molecule has 3 aliphatic rings. The second-order valence-electron chi connectivity index (χ2n) is 15.1. The predicted molar refractivity (Wildman–Crippen MR) is 224 cm³/mol. The van der Waals surface area contributed by atoms with Crippen LogP contribution in [0.2, 0.25) is 0 Å². The van der Waals surface area contributed by atoms with E-state index in [9.17, 15) is 28.2 Å². The van der Waals surface area contributed by atoms with Gasteiger partial charge in [0, 0.05) is 93.3 Å². The Kier molecular flexibility index (Phi) is 14.6. The number of hydrogen-bond donors (Lipinski definition) is 2. The Bertz CT molecular complexity index is 2140. The molecule has 3 aliphatic heterocycles. The molecule has 2 N–H and O–H groups in total. The number of rotatable bonds is 12. The van der Waals surface area contributed by atoms with Crippen molar-refractivity contribution in [1.29, 1.82) is 0 Å². The van der Waals surface area contributed by atoms with Crippen LogP contribution in [0.3, 0.4) is 0 Å². The highest BCUT2D eigenvalue weighted by Gasteiger charge is 2.28. The van der Waals surface area contributed by atoms with Crippen LogP contribution in [0.5, 0.6) is 17.2 Å². The number of piperidine rings is 2. The van der Waals surface area contributed by atoms with Gasteiger partial charge in [-0.2, -0.15) is 3.89 Å². The maximum Gasteiger partial charge on any atom is 0.328 e. The topological polar surface area (TPSA) is 147 Å². The number of amides is 4. The maximum absolute atomic E-state index is 12.9. The second-order valence-corrected chi connectivity index (χ2v) is 16.0. The molecule has 2 aromatic heterocycles. The van der Waals surface area contributed by atoms with Gasteiger partial charge in [0.05, 0.1) is 18.2 Å². The lowest BCUT2D eigenvalue weighted by molar-refractivity contribution is -0.134. The molecule has 58 heavy (non-hydrogen) atoms. The van der Waals surface area contributed by atoms with Crippen molar-refractivity contribution in [2.75, 3.05) is 57.9 Å². The number of methoxy groups -OCH3 is 1. The molecule has 0 radical (unpaired) electrons. The van der Waals surface area contributed by atoms with Gasteiger partial charge >= 0.3 is 6.03 Å². The van der Waals surface area contributed by atoms with E-state index < -0.39 is 6.03 Å². The molecule has 4 aromatic rings. The van der Waals surface area contributed by atoms with Crippen LogP contribution in [0.25, 0.3) is 21.9 Å². The van der Waals surface area contributed by atoms with Crippen molar-refractivity contribution in [1.82, 2.24) is 24.7 Å². The van der Waals surface area contributed by atoms with E-state index in [2.05, 4.69) is 22.1 Å². The van der Waals surface area contributed by atoms with E-state index in [0.717, 1.165) is 80.2 Å². The van der Waals surface area contributed by atoms with Crippen molar-refractivity contribution >= 4 is 46.5 Å². The third-order valence-electron chi connectivity index (χ3n) is 11.1. The molecule has 0 unspecified atom stereocenters. The SMILES string of the molecule is CCCCn1cc(-c2ccc(O)c(OC)c2)c2ccncc2c1=O.Cc1ccc(OCC(=O)N2CCC(CN3CCC[C@@H](SF)C3)CC2)cc1N1CCC(=O)NC1=O. The normalized spacial score (nSPS) is 17.8. The number of aromatic hydroxyl groups is 1. The Morgan fingerprint density at radius 2 is 1.84 bits per heavy atom. The van der Waals surface area contributed by atoms with Gasteiger partial charge in [-0.1, -0.05) is 25.5 Å². The second kappa shape index (κ2) is 20.0. The number of unbranched alkanes of at least 4 members (excludes halogenated alkanes) is 1. The van der Waals surface area contributed by atoms with Crippen LogP contribution in [0, 0.1) is 12.8 Å². The fourth-order valence-electron chi connectivity index (χ4n) is 7.79. The van der Waals surface area contributed by atoms with Gasteiger partial charge in [-0.05, 0) is 92.3 Å². The molecule has 310 valence electrons. The zero-order chi connectivity index (χ0) is 41.2. The van der Waals surface area contributed by atoms with E-state index in [-0.39, 0.29) is 41.4 Å². The summed E-state index contributed by atoms with van der Waals surface area (Å²) in [5.74, 6) is 1.22. The highest BCUT2D eigenvalue weighted by Crippen LogP contribution is 2.34. The standard InChI is InChI=1S/C24H33FN4O4S.C19H20N2O3/c1-17-4-5-19(13-21(17)29-12-8-22(30)26-24(29)32)33-16-23(31)28-10-6-18(7-11-28)14-27-9-2-3-20(15-27)34-25;1-3-4-9-21-12-16(13-5-6-17(22)18(10-13)24-2)14-7-8-20-11-15(14)19(21)23/h4-5,13,18,20H,2-3,6-12,14-16H2,1H3,(H,26,30,32);5-8,10-12,22H,3-4,9H2,1-2H3/t20-;/m1./s1. The number of hydrogen-bond acceptors (Lipinski definition) is 10. The monoisotopic (exact) mass is 816 g/mol. The summed E-state index contributed by atoms with van der Waals surface area (Å²) in [5, 5.41) is 13.7. The van der Waals surface area contributed by atoms with E-state index in [4.69, 9.17) is 9.47 Å². The maximum atomic E-state index is 12.9. The average Bonchev–Trinajstić information content (AvgIpc) is 3.24. The number of aromatic nitrogens is 2. The number of aryl methyl sites for hydroxylation is 2. The Morgan fingerprint density at radius 3 is 2.59 bits per heavy atom. The minimum Gasteiger partial charge on any atom is -0.504 e. The molecule has 7 rings (SSSR count). The van der Waals surface area contributed by atoms with Crippen molar-refractivity contribution in [3.63, 3.8) is 0 Å². The highest BCUT2D eigenvalue weighted by molar-refractivity contribution is 7.94. The first-order valence-corrected chi connectivity index (χ1v) is 20.8. The van der Waals surface area contributed by atoms with E-state index in [1.807, 2.05) is 36.2 Å². The summed E-state index contributed by atoms with van der Waals surface area (Å²) in [4.78, 5) is 58.9. The fourth-order valence-corrected chi connectivity index (χ4v) is 8.31. The molecule has 0 aliphatic carbocycles. The molecule has 3 saturated heterocycles. The number of urea groups is 1. The molecule has 0 spiro atoms. The average molecular weight is 817 g/mol. The smallest absolute Gasteiger partial charge is 0.328 e. The first kappa shape index (κ1) is 42.5. The first-order valence-electron chi connectivity index (χ1n) is 20.0. The first-order chi connectivity index (χ1) is 28.1. The molecule has 0 saturated carbocycles. The van der Waals surface area contributed by atoms with Crippen LogP contribution >= 0.6 is 12.1 Å². The number of halogens is 1. The van der Waals surface area contributed by atoms with E-state index in [1.54, 1.807) is 41.2 Å². The van der Waals surface area contributed by atoms with Crippen LogP contribution in [0.1, 0.15) is 57.4 Å². The minimum absolute atomic E-state index is 0.0268. The van der Waals surface area contributed by atoms with Gasteiger partial charge in [0.1, 0.15) is 5.75 Å². The Balaban J connectivity index is 0.000000208. The summed E-state index contributed by atoms with van der Waals surface area (Å²) >= 11 is 0.485. The van der Waals surface area contributed by atoms with Gasteiger partial charge in [-0.25, -0.2) is 4.79 Å². The third kappa shape index (κ3) is 10.5. The number of phenolic OH excluding ortho intramolecular Hbond substituents is 1. The molecular weight excluding hydrogens is 764 g/mol. The Hall–Kier alpha value is -5.15. The molecule has 13 nitrogen and oxygen atoms in total. The zero-order valence-electron chi connectivity index (χ0n) is 33.5. The van der Waals surface area contributed by atoms with Crippen molar-refractivity contribution in [2.45, 2.75) is 70.6 Å². The summed E-state index contributed by atoms with van der Waals surface area (Å²) in [7, 11) is 1.52. The van der Waals surface area contributed by atoms with Gasteiger partial charge in [0.25, 0.3) is 11.5 Å². The summed E-state index contributed by atoms with van der Waals surface area (Å²) in [6.07, 6.45) is 11.3. The number of anilines is 1. The van der Waals surface area contributed by atoms with Gasteiger partial charge in [0.15, 0.2) is 18.1 Å². The van der Waals surface area contributed by atoms with Crippen LogP contribution in [-0.2, 0) is 16.1 Å². The lowest BCUT2D eigenvalue weighted by atomic mass is 9.95. The largest absolute Gasteiger partial charge is 0.504 e. The molecule has 1 atom stereocenters. The quantitative estimate of drug-likeness (QED) is 0.158. The Morgan fingerprint density at radius 1 is 1.03 bits per heavy atom. The van der Waals surface area contributed by atoms with Gasteiger partial charge in [-0.15, -0.1) is 0 Å². The van der Waals surface area contributed by atoms with Crippen LogP contribution in [0.4, 0.5) is 14.4 Å². The van der Waals surface area contributed by atoms with Crippen LogP contribution in [0.15, 0.2) is 65.8 Å². The van der Waals surface area contributed by atoms with Gasteiger partial charge in [0.2, 0.25) is 5.91 Å².